The molecule has 0 spiro atoms. The van der Waals surface area contributed by atoms with E-state index in [1.165, 1.54) is 30.9 Å². The first-order valence-electron chi connectivity index (χ1n) is 14.8. The first kappa shape index (κ1) is 23.9. The summed E-state index contributed by atoms with van der Waals surface area (Å²) in [6.07, 6.45) is 0. The molecular formula is C40H23NO2S. The van der Waals surface area contributed by atoms with Crippen LogP contribution >= 0.6 is 11.3 Å². The monoisotopic (exact) mass is 581 g/mol. The lowest BCUT2D eigenvalue weighted by molar-refractivity contribution is 0.669. The molecule has 10 aromatic rings. The Morgan fingerprint density at radius 1 is 0.409 bits per heavy atom. The Kier molecular flexibility index (Phi) is 4.87. The molecule has 206 valence electrons. The van der Waals surface area contributed by atoms with Crippen molar-refractivity contribution in [3.63, 3.8) is 0 Å². The lowest BCUT2D eigenvalue weighted by Crippen LogP contribution is -2.09. The van der Waals surface area contributed by atoms with Gasteiger partial charge in [-0.15, -0.1) is 11.3 Å². The fourth-order valence-corrected chi connectivity index (χ4v) is 7.87. The van der Waals surface area contributed by atoms with E-state index in [0.717, 1.165) is 60.9 Å². The van der Waals surface area contributed by atoms with Crippen molar-refractivity contribution in [2.24, 2.45) is 0 Å². The van der Waals surface area contributed by atoms with E-state index in [1.54, 1.807) is 0 Å². The van der Waals surface area contributed by atoms with Gasteiger partial charge in [-0.2, -0.15) is 0 Å². The van der Waals surface area contributed by atoms with Gasteiger partial charge in [0, 0.05) is 58.8 Å². The van der Waals surface area contributed by atoms with E-state index in [-0.39, 0.29) is 0 Å². The van der Waals surface area contributed by atoms with Gasteiger partial charge in [-0.1, -0.05) is 60.7 Å². The summed E-state index contributed by atoms with van der Waals surface area (Å²) in [4.78, 5) is 2.33. The largest absolute Gasteiger partial charge is 0.456 e. The molecule has 0 fully saturated rings. The zero-order chi connectivity index (χ0) is 28.8. The van der Waals surface area contributed by atoms with Crippen LogP contribution in [-0.4, -0.2) is 0 Å². The van der Waals surface area contributed by atoms with Gasteiger partial charge >= 0.3 is 0 Å². The molecule has 7 aromatic carbocycles. The molecule has 0 amide bonds. The van der Waals surface area contributed by atoms with E-state index in [1.807, 2.05) is 23.5 Å². The second-order valence-electron chi connectivity index (χ2n) is 11.3. The molecule has 0 saturated carbocycles. The molecule has 0 unspecified atom stereocenters. The van der Waals surface area contributed by atoms with Crippen LogP contribution in [0.15, 0.2) is 148 Å². The molecule has 0 aliphatic rings. The van der Waals surface area contributed by atoms with E-state index in [0.29, 0.717) is 0 Å². The molecule has 0 aliphatic heterocycles. The smallest absolute Gasteiger partial charge is 0.144 e. The van der Waals surface area contributed by atoms with Crippen LogP contribution in [0.25, 0.3) is 74.8 Å². The Morgan fingerprint density at radius 3 is 1.98 bits per heavy atom. The lowest BCUT2D eigenvalue weighted by atomic mass is 10.0. The van der Waals surface area contributed by atoms with Crippen molar-refractivity contribution in [3.8, 4) is 0 Å². The molecule has 3 aromatic heterocycles. The standard InChI is InChI=1S/C40H23NO2S/c1-2-10-26(11-3-1)41(27-14-17-35-32(22-27)29-12-6-7-13-34(29)42-35)28-15-18-37-33(23-28)39-38(44-37)19-16-30-31-20-24-8-4-5-9-25(24)21-36(31)43-40(30)39/h1-23H. The van der Waals surface area contributed by atoms with E-state index < -0.39 is 0 Å². The summed E-state index contributed by atoms with van der Waals surface area (Å²) in [6.45, 7) is 0. The molecule has 44 heavy (non-hydrogen) atoms. The highest BCUT2D eigenvalue weighted by Crippen LogP contribution is 2.45. The minimum Gasteiger partial charge on any atom is -0.456 e. The van der Waals surface area contributed by atoms with Crippen molar-refractivity contribution in [1.82, 2.24) is 0 Å². The SMILES string of the molecule is c1ccc(N(c2ccc3oc4ccccc4c3c2)c2ccc3sc4ccc5c6cc7ccccc7cc6oc5c4c3c2)cc1. The molecule has 10 rings (SSSR count). The molecule has 0 radical (unpaired) electrons. The highest BCUT2D eigenvalue weighted by molar-refractivity contribution is 7.26. The van der Waals surface area contributed by atoms with Crippen LogP contribution in [0, 0.1) is 0 Å². The Hall–Kier alpha value is -5.58. The molecule has 0 bridgehead atoms. The number of benzene rings is 7. The maximum atomic E-state index is 6.67. The summed E-state index contributed by atoms with van der Waals surface area (Å²) in [5.41, 5.74) is 6.94. The number of thiophene rings is 1. The summed E-state index contributed by atoms with van der Waals surface area (Å²) >= 11 is 1.81. The quantitative estimate of drug-likeness (QED) is 0.208. The average Bonchev–Trinajstić information content (AvgIpc) is 3.74. The van der Waals surface area contributed by atoms with Gasteiger partial charge in [-0.25, -0.2) is 0 Å². The van der Waals surface area contributed by atoms with Crippen LogP contribution in [0.4, 0.5) is 17.1 Å². The highest BCUT2D eigenvalue weighted by atomic mass is 32.1. The second-order valence-corrected chi connectivity index (χ2v) is 12.4. The topological polar surface area (TPSA) is 29.5 Å². The third kappa shape index (κ3) is 3.43. The Bertz CT molecular complexity index is 2730. The van der Waals surface area contributed by atoms with Gasteiger partial charge in [0.1, 0.15) is 22.3 Å². The number of hydrogen-bond acceptors (Lipinski definition) is 4. The predicted octanol–water partition coefficient (Wildman–Crippen LogP) is 12.5. The fourth-order valence-electron chi connectivity index (χ4n) is 6.78. The summed E-state index contributed by atoms with van der Waals surface area (Å²) in [7, 11) is 0. The number of anilines is 3. The van der Waals surface area contributed by atoms with Gasteiger partial charge in [0.2, 0.25) is 0 Å². The maximum absolute atomic E-state index is 6.67. The number of fused-ring (bicyclic) bond motifs is 11. The van der Waals surface area contributed by atoms with Gasteiger partial charge in [0.25, 0.3) is 0 Å². The third-order valence-electron chi connectivity index (χ3n) is 8.81. The van der Waals surface area contributed by atoms with Gasteiger partial charge in [0.05, 0.1) is 0 Å². The van der Waals surface area contributed by atoms with Gasteiger partial charge in [0.15, 0.2) is 0 Å². The molecule has 3 heterocycles. The summed E-state index contributed by atoms with van der Waals surface area (Å²) in [5.74, 6) is 0. The molecular weight excluding hydrogens is 559 g/mol. The van der Waals surface area contributed by atoms with Crippen molar-refractivity contribution in [2.75, 3.05) is 4.90 Å². The first-order valence-corrected chi connectivity index (χ1v) is 15.6. The predicted molar refractivity (Wildman–Crippen MR) is 186 cm³/mol. The van der Waals surface area contributed by atoms with Crippen LogP contribution in [0.5, 0.6) is 0 Å². The Balaban J connectivity index is 1.23. The number of hydrogen-bond donors (Lipinski definition) is 0. The normalized spacial score (nSPS) is 12.1. The summed E-state index contributed by atoms with van der Waals surface area (Å²) < 4.78 is 15.3. The second kappa shape index (κ2) is 8.96. The van der Waals surface area contributed by atoms with E-state index >= 15 is 0 Å². The summed E-state index contributed by atoms with van der Waals surface area (Å²) in [6, 6.07) is 49.5. The highest BCUT2D eigenvalue weighted by Gasteiger charge is 2.19. The number of para-hydroxylation sites is 2. The summed E-state index contributed by atoms with van der Waals surface area (Å²) in [5, 5.41) is 9.33. The van der Waals surface area contributed by atoms with E-state index in [2.05, 4.69) is 132 Å². The van der Waals surface area contributed by atoms with Gasteiger partial charge in [-0.05, 0) is 89.6 Å². The van der Waals surface area contributed by atoms with Gasteiger partial charge in [-0.3, -0.25) is 0 Å². The van der Waals surface area contributed by atoms with Crippen LogP contribution in [0.1, 0.15) is 0 Å². The van der Waals surface area contributed by atoms with Crippen molar-refractivity contribution in [1.29, 1.82) is 0 Å². The minimum absolute atomic E-state index is 0.891. The maximum Gasteiger partial charge on any atom is 0.144 e. The fraction of sp³-hybridized carbons (Fsp3) is 0. The number of nitrogens with zero attached hydrogens (tertiary/aromatic N) is 1. The molecule has 0 saturated heterocycles. The Morgan fingerprint density at radius 2 is 1.09 bits per heavy atom. The van der Waals surface area contributed by atoms with E-state index in [9.17, 15) is 0 Å². The van der Waals surface area contributed by atoms with Crippen molar-refractivity contribution in [2.45, 2.75) is 0 Å². The van der Waals surface area contributed by atoms with Crippen molar-refractivity contribution in [3.05, 3.63) is 140 Å². The Labute approximate surface area is 255 Å². The van der Waals surface area contributed by atoms with Gasteiger partial charge < -0.3 is 13.7 Å². The van der Waals surface area contributed by atoms with Crippen molar-refractivity contribution >= 4 is 103 Å². The van der Waals surface area contributed by atoms with Crippen LogP contribution in [-0.2, 0) is 0 Å². The third-order valence-corrected chi connectivity index (χ3v) is 9.95. The molecule has 4 heteroatoms. The average molecular weight is 582 g/mol. The minimum atomic E-state index is 0.891. The van der Waals surface area contributed by atoms with Crippen molar-refractivity contribution < 1.29 is 8.83 Å². The van der Waals surface area contributed by atoms with Crippen LogP contribution in [0.2, 0.25) is 0 Å². The van der Waals surface area contributed by atoms with Crippen LogP contribution < -0.4 is 4.90 Å². The first-order chi connectivity index (χ1) is 21.8. The number of furan rings is 2. The van der Waals surface area contributed by atoms with Crippen LogP contribution in [0.3, 0.4) is 0 Å². The zero-order valence-electron chi connectivity index (χ0n) is 23.5. The molecule has 0 N–H and O–H groups in total. The molecule has 0 atom stereocenters. The molecule has 0 aliphatic carbocycles. The zero-order valence-corrected chi connectivity index (χ0v) is 24.3. The van der Waals surface area contributed by atoms with E-state index in [4.69, 9.17) is 8.83 Å². The number of rotatable bonds is 3. The lowest BCUT2D eigenvalue weighted by Gasteiger charge is -2.25. The molecule has 3 nitrogen and oxygen atoms in total.